The summed E-state index contributed by atoms with van der Waals surface area (Å²) in [6.07, 6.45) is 1.46. The van der Waals surface area contributed by atoms with E-state index in [1.807, 2.05) is 0 Å². The van der Waals surface area contributed by atoms with E-state index in [0.717, 1.165) is 5.56 Å². The number of aromatic nitrogens is 1. The Kier molecular flexibility index (Phi) is 5.01. The molecule has 1 fully saturated rings. The largest absolute Gasteiger partial charge is 0.495 e. The third-order valence-corrected chi connectivity index (χ3v) is 8.51. The number of anilines is 1. The number of ether oxygens (including phenoxy) is 2. The van der Waals surface area contributed by atoms with E-state index in [0.29, 0.717) is 23.6 Å². The molecule has 0 bridgehead atoms. The van der Waals surface area contributed by atoms with Crippen molar-refractivity contribution in [1.29, 1.82) is 5.41 Å². The van der Waals surface area contributed by atoms with Crippen LogP contribution in [0.1, 0.15) is 35.5 Å². The average molecular weight is 445 g/mol. The van der Waals surface area contributed by atoms with Gasteiger partial charge in [-0.05, 0) is 49.2 Å². The molecular weight excluding hydrogens is 420 g/mol. The van der Waals surface area contributed by atoms with Gasteiger partial charge in [0.05, 0.1) is 32.3 Å². The Balaban J connectivity index is 1.67. The van der Waals surface area contributed by atoms with Crippen molar-refractivity contribution in [3.63, 3.8) is 0 Å². The van der Waals surface area contributed by atoms with Crippen molar-refractivity contribution < 1.29 is 22.7 Å². The maximum absolute atomic E-state index is 13.0. The normalized spacial score (nSPS) is 23.5. The molecule has 1 aromatic carbocycles. The molecule has 31 heavy (non-hydrogen) atoms. The van der Waals surface area contributed by atoms with E-state index in [4.69, 9.17) is 14.9 Å². The molecule has 1 aromatic heterocycles. The fourth-order valence-electron chi connectivity index (χ4n) is 3.78. The minimum absolute atomic E-state index is 0.0768. The Morgan fingerprint density at radius 1 is 1.29 bits per heavy atom. The van der Waals surface area contributed by atoms with Crippen molar-refractivity contribution in [2.75, 3.05) is 24.8 Å². The molecule has 10 heteroatoms. The minimum atomic E-state index is -3.62. The van der Waals surface area contributed by atoms with Gasteiger partial charge in [-0.3, -0.25) is 10.2 Å². The smallest absolute Gasteiger partial charge is 0.274 e. The maximum atomic E-state index is 13.0. The van der Waals surface area contributed by atoms with Crippen molar-refractivity contribution in [2.45, 2.75) is 30.7 Å². The lowest BCUT2D eigenvalue weighted by atomic mass is 9.85. The van der Waals surface area contributed by atoms with Gasteiger partial charge in [0.15, 0.2) is 9.84 Å². The highest BCUT2D eigenvalue weighted by molar-refractivity contribution is 7.93. The predicted octanol–water partition coefficient (Wildman–Crippen LogP) is 1.84. The third-order valence-electron chi connectivity index (χ3n) is 5.87. The van der Waals surface area contributed by atoms with Crippen molar-refractivity contribution in [3.8, 4) is 5.75 Å². The molecule has 3 heterocycles. The monoisotopic (exact) mass is 444 g/mol. The van der Waals surface area contributed by atoms with E-state index < -0.39 is 26.0 Å². The highest BCUT2D eigenvalue weighted by atomic mass is 32.2. The van der Waals surface area contributed by atoms with E-state index in [2.05, 4.69) is 15.6 Å². The van der Waals surface area contributed by atoms with Crippen molar-refractivity contribution in [2.24, 2.45) is 0 Å². The van der Waals surface area contributed by atoms with Crippen LogP contribution in [-0.2, 0) is 26.7 Å². The number of hydrogen-bond acceptors (Lipinski definition) is 7. The molecule has 2 aromatic rings. The second-order valence-electron chi connectivity index (χ2n) is 8.25. The van der Waals surface area contributed by atoms with Gasteiger partial charge in [-0.2, -0.15) is 0 Å². The van der Waals surface area contributed by atoms with Crippen LogP contribution in [0.2, 0.25) is 0 Å². The summed E-state index contributed by atoms with van der Waals surface area (Å²) in [6, 6.07) is 8.47. The fourth-order valence-corrected chi connectivity index (χ4v) is 5.46. The molecule has 0 aliphatic carbocycles. The summed E-state index contributed by atoms with van der Waals surface area (Å²) >= 11 is 0. The average Bonchev–Trinajstić information content (AvgIpc) is 2.73. The van der Waals surface area contributed by atoms with E-state index in [9.17, 15) is 13.2 Å². The van der Waals surface area contributed by atoms with E-state index in [1.54, 1.807) is 30.3 Å². The first-order valence-corrected chi connectivity index (χ1v) is 11.4. The summed E-state index contributed by atoms with van der Waals surface area (Å²) < 4.78 is 35.4. The number of benzene rings is 1. The van der Waals surface area contributed by atoms with E-state index in [-0.39, 0.29) is 23.9 Å². The summed E-state index contributed by atoms with van der Waals surface area (Å²) in [6.45, 7) is 3.47. The van der Waals surface area contributed by atoms with Gasteiger partial charge in [-0.1, -0.05) is 6.07 Å². The number of hydrogen-bond donors (Lipinski definition) is 3. The molecule has 3 N–H and O–H groups in total. The van der Waals surface area contributed by atoms with Crippen molar-refractivity contribution in [1.82, 2.24) is 10.3 Å². The molecule has 4 rings (SSSR count). The number of pyridine rings is 1. The molecule has 9 nitrogen and oxygen atoms in total. The summed E-state index contributed by atoms with van der Waals surface area (Å²) in [4.78, 5) is 16.7. The number of amides is 1. The van der Waals surface area contributed by atoms with Gasteiger partial charge in [-0.15, -0.1) is 0 Å². The third kappa shape index (κ3) is 3.55. The Morgan fingerprint density at radius 2 is 2.06 bits per heavy atom. The van der Waals surface area contributed by atoms with Crippen LogP contribution in [-0.4, -0.2) is 49.4 Å². The molecule has 0 radical (unpaired) electrons. The summed E-state index contributed by atoms with van der Waals surface area (Å²) in [7, 11) is -2.11. The molecule has 164 valence electrons. The number of nitrogens with one attached hydrogen (secondary N) is 3. The van der Waals surface area contributed by atoms with Crippen LogP contribution >= 0.6 is 0 Å². The highest BCUT2D eigenvalue weighted by Gasteiger charge is 2.54. The summed E-state index contributed by atoms with van der Waals surface area (Å²) in [5.41, 5.74) is 1.14. The Morgan fingerprint density at radius 3 is 2.71 bits per heavy atom. The summed E-state index contributed by atoms with van der Waals surface area (Å²) in [5, 5.41) is 14.2. The number of carbonyl (C=O) groups excluding carboxylic acids is 1. The topological polar surface area (TPSA) is 130 Å². The Hall–Kier alpha value is -2.98. The van der Waals surface area contributed by atoms with Crippen LogP contribution in [0.3, 0.4) is 0 Å². The minimum Gasteiger partial charge on any atom is -0.495 e. The van der Waals surface area contributed by atoms with E-state index >= 15 is 0 Å². The van der Waals surface area contributed by atoms with Gasteiger partial charge in [0.2, 0.25) is 0 Å². The van der Waals surface area contributed by atoms with Gasteiger partial charge in [-0.25, -0.2) is 13.4 Å². The number of methoxy groups -OCH3 is 1. The van der Waals surface area contributed by atoms with Crippen molar-refractivity contribution >= 4 is 27.3 Å². The van der Waals surface area contributed by atoms with Crippen LogP contribution in [0.25, 0.3) is 0 Å². The number of carbonyl (C=O) groups is 1. The molecular formula is C21H24N4O5S. The second kappa shape index (κ2) is 7.31. The zero-order valence-corrected chi connectivity index (χ0v) is 18.3. The van der Waals surface area contributed by atoms with Crippen molar-refractivity contribution in [3.05, 3.63) is 53.3 Å². The van der Waals surface area contributed by atoms with Gasteiger partial charge in [0, 0.05) is 5.69 Å². The molecule has 1 amide bonds. The molecule has 0 saturated carbocycles. The number of sulfone groups is 1. The van der Waals surface area contributed by atoms with Crippen LogP contribution < -0.4 is 15.4 Å². The summed E-state index contributed by atoms with van der Waals surface area (Å²) in [5.74, 6) is -0.143. The first-order chi connectivity index (χ1) is 14.6. The lowest BCUT2D eigenvalue weighted by molar-refractivity contribution is 0.0513. The van der Waals surface area contributed by atoms with Crippen LogP contribution in [0.5, 0.6) is 5.75 Å². The molecule has 1 atom stereocenters. The first-order valence-electron chi connectivity index (χ1n) is 9.70. The standard InChI is InChI=1S/C21H24N4O5S/c1-20(2)19(22)25-21(12-31(20,27)28)11-30-10-13-4-5-14(8-16(13)21)24-18(26)17-7-6-15(29-3)9-23-17/h4-9H,10-12H2,1-3H3,(H2,22,25)(H,24,26)/t21-/m0/s1. The first kappa shape index (κ1) is 21.3. The molecule has 0 unspecified atom stereocenters. The number of nitrogens with zero attached hydrogens (tertiary/aromatic N) is 1. The maximum Gasteiger partial charge on any atom is 0.274 e. The molecule has 1 saturated heterocycles. The van der Waals surface area contributed by atoms with Gasteiger partial charge in [0.1, 0.15) is 27.6 Å². The van der Waals surface area contributed by atoms with Crippen LogP contribution in [0.4, 0.5) is 5.69 Å². The van der Waals surface area contributed by atoms with Crippen LogP contribution in [0.15, 0.2) is 36.5 Å². The van der Waals surface area contributed by atoms with E-state index in [1.165, 1.54) is 27.2 Å². The number of rotatable bonds is 3. The van der Waals surface area contributed by atoms with Crippen LogP contribution in [0, 0.1) is 5.41 Å². The molecule has 2 aliphatic heterocycles. The Labute approximate surface area is 180 Å². The van der Waals surface area contributed by atoms with Gasteiger partial charge < -0.3 is 20.1 Å². The SMILES string of the molecule is COc1ccc(C(=O)Nc2ccc3c(c2)[C@]2(COC3)CS(=O)(=O)C(C)(C)C(=N)N2)nc1. The quantitative estimate of drug-likeness (QED) is 0.658. The molecule has 2 aliphatic rings. The highest BCUT2D eigenvalue weighted by Crippen LogP contribution is 2.39. The van der Waals surface area contributed by atoms with Gasteiger partial charge in [0.25, 0.3) is 5.91 Å². The lowest BCUT2D eigenvalue weighted by Gasteiger charge is -2.47. The number of fused-ring (bicyclic) bond motifs is 2. The predicted molar refractivity (Wildman–Crippen MR) is 115 cm³/mol. The van der Waals surface area contributed by atoms with Gasteiger partial charge >= 0.3 is 0 Å². The fraction of sp³-hybridized carbons (Fsp3) is 0.381. The lowest BCUT2D eigenvalue weighted by Crippen LogP contribution is -2.67. The zero-order chi connectivity index (χ0) is 22.4. The number of amidine groups is 1. The molecule has 1 spiro atoms. The Bertz CT molecular complexity index is 1160. The zero-order valence-electron chi connectivity index (χ0n) is 17.5. The second-order valence-corrected chi connectivity index (χ2v) is 10.8.